The molecule has 5 heteroatoms. The number of carbonyl (C=O) groups is 1. The molecule has 3 aromatic rings. The molecule has 1 aliphatic heterocycles. The van der Waals surface area contributed by atoms with Gasteiger partial charge in [-0.1, -0.05) is 41.9 Å². The molecule has 1 aromatic heterocycles. The highest BCUT2D eigenvalue weighted by atomic mass is 35.5. The SMILES string of the molecule is O=C1C[C@H](c2ccccc2Cl)CC2=C1[C@H](c1ccco1)Nc1ccccc1N2. The summed E-state index contributed by atoms with van der Waals surface area (Å²) >= 11 is 6.43. The lowest BCUT2D eigenvalue weighted by molar-refractivity contribution is -0.116. The molecule has 0 radical (unpaired) electrons. The van der Waals surface area contributed by atoms with Crippen molar-refractivity contribution in [1.82, 2.24) is 0 Å². The van der Waals surface area contributed by atoms with E-state index in [1.54, 1.807) is 6.26 Å². The van der Waals surface area contributed by atoms with E-state index in [0.717, 1.165) is 40.4 Å². The Morgan fingerprint density at radius 2 is 1.71 bits per heavy atom. The number of benzene rings is 2. The molecule has 2 atom stereocenters. The number of hydrogen-bond acceptors (Lipinski definition) is 4. The second-order valence-corrected chi connectivity index (χ2v) is 7.61. The molecule has 0 amide bonds. The lowest BCUT2D eigenvalue weighted by atomic mass is 9.79. The molecule has 2 aliphatic rings. The second-order valence-electron chi connectivity index (χ2n) is 7.21. The number of nitrogens with one attached hydrogen (secondary N) is 2. The number of ketones is 1. The lowest BCUT2D eigenvalue weighted by Crippen LogP contribution is -2.26. The summed E-state index contributed by atoms with van der Waals surface area (Å²) in [5.41, 5.74) is 4.59. The Balaban J connectivity index is 1.62. The van der Waals surface area contributed by atoms with E-state index < -0.39 is 0 Å². The maximum atomic E-state index is 13.3. The number of rotatable bonds is 2. The van der Waals surface area contributed by atoms with Crippen LogP contribution in [0.1, 0.15) is 36.1 Å². The van der Waals surface area contributed by atoms with Crippen molar-refractivity contribution in [2.24, 2.45) is 0 Å². The monoisotopic (exact) mass is 390 g/mol. The zero-order valence-electron chi connectivity index (χ0n) is 15.1. The molecule has 0 bridgehead atoms. The Labute approximate surface area is 168 Å². The summed E-state index contributed by atoms with van der Waals surface area (Å²) < 4.78 is 5.67. The van der Waals surface area contributed by atoms with Crippen LogP contribution in [-0.4, -0.2) is 5.78 Å². The van der Waals surface area contributed by atoms with Gasteiger partial charge in [0.25, 0.3) is 0 Å². The Hall–Kier alpha value is -2.98. The van der Waals surface area contributed by atoms with Crippen LogP contribution in [0.15, 0.2) is 82.6 Å². The van der Waals surface area contributed by atoms with Gasteiger partial charge in [0.1, 0.15) is 11.8 Å². The summed E-state index contributed by atoms with van der Waals surface area (Å²) in [6, 6.07) is 19.2. The molecular weight excluding hydrogens is 372 g/mol. The average molecular weight is 391 g/mol. The van der Waals surface area contributed by atoms with Gasteiger partial charge in [-0.3, -0.25) is 4.79 Å². The van der Waals surface area contributed by atoms with Crippen LogP contribution in [0.25, 0.3) is 0 Å². The van der Waals surface area contributed by atoms with Crippen molar-refractivity contribution < 1.29 is 9.21 Å². The second kappa shape index (κ2) is 6.88. The largest absolute Gasteiger partial charge is 0.467 e. The summed E-state index contributed by atoms with van der Waals surface area (Å²) in [5, 5.41) is 7.72. The van der Waals surface area contributed by atoms with E-state index in [-0.39, 0.29) is 17.7 Å². The molecule has 140 valence electrons. The first-order chi connectivity index (χ1) is 13.7. The van der Waals surface area contributed by atoms with Gasteiger partial charge in [-0.05, 0) is 48.2 Å². The van der Waals surface area contributed by atoms with Crippen LogP contribution < -0.4 is 10.6 Å². The smallest absolute Gasteiger partial charge is 0.163 e. The maximum absolute atomic E-state index is 13.3. The number of Topliss-reactive ketones (excluding diaryl/α,β-unsaturated/α-hetero) is 1. The summed E-state index contributed by atoms with van der Waals surface area (Å²) in [5.74, 6) is 0.894. The zero-order valence-corrected chi connectivity index (χ0v) is 15.9. The van der Waals surface area contributed by atoms with Crippen LogP contribution in [0.3, 0.4) is 0 Å². The van der Waals surface area contributed by atoms with E-state index in [9.17, 15) is 4.79 Å². The molecule has 28 heavy (non-hydrogen) atoms. The van der Waals surface area contributed by atoms with Gasteiger partial charge in [-0.2, -0.15) is 0 Å². The standard InChI is InChI=1S/C23H19ClN2O2/c24-16-7-2-1-6-15(16)14-12-19-22(20(27)13-14)23(21-10-5-11-28-21)26-18-9-4-3-8-17(18)25-19/h1-11,14,23,25-26H,12-13H2/t14-,23+/m1/s1. The number of carbonyl (C=O) groups excluding carboxylic acids is 1. The molecule has 5 rings (SSSR count). The fourth-order valence-corrected chi connectivity index (χ4v) is 4.48. The maximum Gasteiger partial charge on any atom is 0.163 e. The van der Waals surface area contributed by atoms with E-state index in [1.165, 1.54) is 0 Å². The number of hydrogen-bond donors (Lipinski definition) is 2. The fraction of sp³-hybridized carbons (Fsp3) is 0.174. The van der Waals surface area contributed by atoms with Crippen molar-refractivity contribution in [2.75, 3.05) is 10.6 Å². The van der Waals surface area contributed by atoms with Crippen molar-refractivity contribution in [2.45, 2.75) is 24.8 Å². The highest BCUT2D eigenvalue weighted by molar-refractivity contribution is 6.31. The van der Waals surface area contributed by atoms with Crippen molar-refractivity contribution in [3.63, 3.8) is 0 Å². The number of anilines is 2. The molecular formula is C23H19ClN2O2. The summed E-state index contributed by atoms with van der Waals surface area (Å²) in [7, 11) is 0. The molecule has 0 saturated carbocycles. The van der Waals surface area contributed by atoms with E-state index in [0.29, 0.717) is 11.4 Å². The van der Waals surface area contributed by atoms with Crippen molar-refractivity contribution in [1.29, 1.82) is 0 Å². The third-order valence-electron chi connectivity index (χ3n) is 5.48. The molecule has 2 heterocycles. The Kier molecular flexibility index (Phi) is 4.21. The molecule has 1 aliphatic carbocycles. The van der Waals surface area contributed by atoms with Crippen LogP contribution in [0.2, 0.25) is 5.02 Å². The molecule has 2 aromatic carbocycles. The summed E-state index contributed by atoms with van der Waals surface area (Å²) in [6.07, 6.45) is 2.79. The molecule has 0 saturated heterocycles. The van der Waals surface area contributed by atoms with Gasteiger partial charge in [-0.25, -0.2) is 0 Å². The molecule has 0 spiro atoms. The van der Waals surface area contributed by atoms with E-state index >= 15 is 0 Å². The van der Waals surface area contributed by atoms with Gasteiger partial charge in [-0.15, -0.1) is 0 Å². The van der Waals surface area contributed by atoms with Gasteiger partial charge in [0, 0.05) is 22.7 Å². The minimum atomic E-state index is -0.319. The Bertz CT molecular complexity index is 1070. The number of para-hydroxylation sites is 2. The normalized spacial score (nSPS) is 21.2. The van der Waals surface area contributed by atoms with Crippen LogP contribution in [0.4, 0.5) is 11.4 Å². The lowest BCUT2D eigenvalue weighted by Gasteiger charge is -2.29. The highest BCUT2D eigenvalue weighted by Gasteiger charge is 2.37. The average Bonchev–Trinajstić information content (AvgIpc) is 3.17. The van der Waals surface area contributed by atoms with Crippen LogP contribution >= 0.6 is 11.6 Å². The molecule has 0 fully saturated rings. The quantitative estimate of drug-likeness (QED) is 0.570. The highest BCUT2D eigenvalue weighted by Crippen LogP contribution is 2.45. The summed E-state index contributed by atoms with van der Waals surface area (Å²) in [4.78, 5) is 13.3. The third kappa shape index (κ3) is 2.90. The molecule has 2 N–H and O–H groups in total. The van der Waals surface area contributed by atoms with Gasteiger partial charge >= 0.3 is 0 Å². The number of furan rings is 1. The van der Waals surface area contributed by atoms with Crippen molar-refractivity contribution >= 4 is 28.8 Å². The van der Waals surface area contributed by atoms with E-state index in [1.807, 2.05) is 60.7 Å². The predicted molar refractivity (Wildman–Crippen MR) is 111 cm³/mol. The minimum Gasteiger partial charge on any atom is -0.467 e. The van der Waals surface area contributed by atoms with Gasteiger partial charge in [0.05, 0.1) is 17.6 Å². The number of allylic oxidation sites excluding steroid dienone is 1. The van der Waals surface area contributed by atoms with Crippen molar-refractivity contribution in [3.05, 3.63) is 94.5 Å². The van der Waals surface area contributed by atoms with Gasteiger partial charge in [0.2, 0.25) is 0 Å². The first-order valence-corrected chi connectivity index (χ1v) is 9.75. The first kappa shape index (κ1) is 17.1. The Morgan fingerprint density at radius 3 is 2.50 bits per heavy atom. The van der Waals surface area contributed by atoms with Gasteiger partial charge in [0.15, 0.2) is 5.78 Å². The van der Waals surface area contributed by atoms with Gasteiger partial charge < -0.3 is 15.1 Å². The topological polar surface area (TPSA) is 54.3 Å². The zero-order chi connectivity index (χ0) is 19.1. The summed E-state index contributed by atoms with van der Waals surface area (Å²) in [6.45, 7) is 0. The Morgan fingerprint density at radius 1 is 0.929 bits per heavy atom. The van der Waals surface area contributed by atoms with Crippen LogP contribution in [0.5, 0.6) is 0 Å². The van der Waals surface area contributed by atoms with Crippen molar-refractivity contribution in [3.8, 4) is 0 Å². The molecule has 4 nitrogen and oxygen atoms in total. The van der Waals surface area contributed by atoms with E-state index in [2.05, 4.69) is 10.6 Å². The molecule has 0 unspecified atom stereocenters. The number of halogens is 1. The number of fused-ring (bicyclic) bond motifs is 1. The fourth-order valence-electron chi connectivity index (χ4n) is 4.19. The first-order valence-electron chi connectivity index (χ1n) is 9.37. The van der Waals surface area contributed by atoms with Crippen LogP contribution in [0, 0.1) is 0 Å². The third-order valence-corrected chi connectivity index (χ3v) is 5.83. The van der Waals surface area contributed by atoms with E-state index in [4.69, 9.17) is 16.0 Å². The minimum absolute atomic E-state index is 0.0509. The predicted octanol–water partition coefficient (Wildman–Crippen LogP) is 5.91. The van der Waals surface area contributed by atoms with Crippen LogP contribution in [-0.2, 0) is 4.79 Å².